The molecule has 2 unspecified atom stereocenters. The van der Waals surface area contributed by atoms with Crippen molar-refractivity contribution < 1.29 is 31.6 Å². The van der Waals surface area contributed by atoms with Crippen molar-refractivity contribution in [2.75, 3.05) is 19.5 Å². The number of esters is 1. The number of rotatable bonds is 9. The van der Waals surface area contributed by atoms with Gasteiger partial charge in [-0.1, -0.05) is 6.58 Å². The highest BCUT2D eigenvalue weighted by atomic mass is 32.2. The Morgan fingerprint density at radius 3 is 2.52 bits per heavy atom. The number of carbonyl (C=O) groups is 1. The predicted molar refractivity (Wildman–Crippen MR) is 93.5 cm³/mol. The third kappa shape index (κ3) is 10.6. The van der Waals surface area contributed by atoms with Crippen LogP contribution in [-0.2, 0) is 33.3 Å². The second-order valence-corrected chi connectivity index (χ2v) is 8.79. The van der Waals surface area contributed by atoms with Crippen molar-refractivity contribution >= 4 is 16.1 Å². The van der Waals surface area contributed by atoms with Crippen LogP contribution in [0.1, 0.15) is 52.9 Å². The molecule has 0 saturated carbocycles. The third-order valence-electron chi connectivity index (χ3n) is 3.35. The van der Waals surface area contributed by atoms with E-state index >= 15 is 0 Å². The monoisotopic (exact) mass is 378 g/mol. The van der Waals surface area contributed by atoms with Gasteiger partial charge in [0.1, 0.15) is 5.60 Å². The summed E-state index contributed by atoms with van der Waals surface area (Å²) in [6.45, 7) is 9.88. The van der Waals surface area contributed by atoms with E-state index in [1.165, 1.54) is 0 Å². The lowest BCUT2D eigenvalue weighted by Gasteiger charge is -2.24. The highest BCUT2D eigenvalue weighted by Gasteiger charge is 2.24. The minimum absolute atomic E-state index is 0.0524. The van der Waals surface area contributed by atoms with Crippen LogP contribution in [0.5, 0.6) is 0 Å². The molecule has 1 aliphatic rings. The van der Waals surface area contributed by atoms with Gasteiger partial charge in [-0.2, -0.15) is 8.42 Å². The van der Waals surface area contributed by atoms with Crippen LogP contribution >= 0.6 is 0 Å². The van der Waals surface area contributed by atoms with E-state index in [1.807, 2.05) is 0 Å². The fourth-order valence-corrected chi connectivity index (χ4v) is 2.97. The van der Waals surface area contributed by atoms with Crippen LogP contribution in [0.4, 0.5) is 0 Å². The minimum atomic E-state index is -3.67. The van der Waals surface area contributed by atoms with E-state index in [4.69, 9.17) is 18.4 Å². The molecule has 0 aromatic carbocycles. The van der Waals surface area contributed by atoms with Gasteiger partial charge in [-0.25, -0.2) is 4.79 Å². The molecule has 0 bridgehead atoms. The summed E-state index contributed by atoms with van der Waals surface area (Å²) < 4.78 is 44.3. The summed E-state index contributed by atoms with van der Waals surface area (Å²) in [6.07, 6.45) is 3.22. The maximum atomic E-state index is 12.0. The van der Waals surface area contributed by atoms with E-state index in [2.05, 4.69) is 6.58 Å². The van der Waals surface area contributed by atoms with Crippen molar-refractivity contribution in [3.8, 4) is 0 Å². The Labute approximate surface area is 150 Å². The fraction of sp³-hybridized carbons (Fsp3) is 0.824. The summed E-state index contributed by atoms with van der Waals surface area (Å²) in [5, 5.41) is 0. The van der Waals surface area contributed by atoms with Gasteiger partial charge in [0.2, 0.25) is 0 Å². The molecular weight excluding hydrogens is 348 g/mol. The van der Waals surface area contributed by atoms with Gasteiger partial charge in [-0.15, -0.1) is 0 Å². The van der Waals surface area contributed by atoms with Gasteiger partial charge < -0.3 is 14.2 Å². The molecule has 0 spiro atoms. The molecule has 0 aliphatic carbocycles. The molecule has 8 heteroatoms. The Morgan fingerprint density at radius 2 is 2.00 bits per heavy atom. The van der Waals surface area contributed by atoms with Crippen LogP contribution in [0.2, 0.25) is 0 Å². The second-order valence-electron chi connectivity index (χ2n) is 7.19. The van der Waals surface area contributed by atoms with Crippen molar-refractivity contribution in [1.29, 1.82) is 0 Å². The highest BCUT2D eigenvalue weighted by Crippen LogP contribution is 2.19. The third-order valence-corrected chi connectivity index (χ3v) is 3.98. The van der Waals surface area contributed by atoms with Crippen molar-refractivity contribution in [1.82, 2.24) is 0 Å². The Balaban J connectivity index is 2.54. The van der Waals surface area contributed by atoms with Crippen LogP contribution in [0.15, 0.2) is 12.2 Å². The summed E-state index contributed by atoms with van der Waals surface area (Å²) in [5.74, 6) is -0.564. The Kier molecular flexibility index (Phi) is 8.53. The lowest BCUT2D eigenvalue weighted by molar-refractivity contribution is -0.165. The van der Waals surface area contributed by atoms with Gasteiger partial charge in [0.15, 0.2) is 6.29 Å². The Bertz CT molecular complexity index is 542. The molecule has 2 atom stereocenters. The summed E-state index contributed by atoms with van der Waals surface area (Å²) >= 11 is 0. The van der Waals surface area contributed by atoms with Gasteiger partial charge in [-0.05, 0) is 46.5 Å². The highest BCUT2D eigenvalue weighted by molar-refractivity contribution is 7.86. The van der Waals surface area contributed by atoms with E-state index in [9.17, 15) is 13.2 Å². The fourth-order valence-electron chi connectivity index (χ4n) is 2.31. The van der Waals surface area contributed by atoms with Crippen LogP contribution in [-0.4, -0.2) is 51.9 Å². The van der Waals surface area contributed by atoms with Crippen molar-refractivity contribution in [3.05, 3.63) is 12.2 Å². The quantitative estimate of drug-likeness (QED) is 0.346. The molecule has 7 nitrogen and oxygen atoms in total. The summed E-state index contributed by atoms with van der Waals surface area (Å²) in [6, 6.07) is 0. The van der Waals surface area contributed by atoms with Gasteiger partial charge in [0.25, 0.3) is 10.1 Å². The number of hydrogen-bond acceptors (Lipinski definition) is 7. The van der Waals surface area contributed by atoms with E-state index in [-0.39, 0.29) is 24.9 Å². The maximum Gasteiger partial charge on any atom is 0.334 e. The molecule has 1 rings (SSSR count). The average Bonchev–Trinajstić information content (AvgIpc) is 2.44. The molecule has 146 valence electrons. The zero-order valence-electron chi connectivity index (χ0n) is 15.6. The van der Waals surface area contributed by atoms with Crippen LogP contribution in [0.3, 0.4) is 0 Å². The standard InChI is InChI=1S/C17H30O7S/c1-13(16(18)23-17(2,3)4)12-14(24-25(5,19)20)9-11-22-15-8-6-7-10-21-15/h14-15H,1,6-12H2,2-5H3. The summed E-state index contributed by atoms with van der Waals surface area (Å²) in [7, 11) is -3.67. The second kappa shape index (κ2) is 9.66. The van der Waals surface area contributed by atoms with Gasteiger partial charge in [0.05, 0.1) is 19.0 Å². The molecule has 0 N–H and O–H groups in total. The zero-order chi connectivity index (χ0) is 19.1. The molecule has 25 heavy (non-hydrogen) atoms. The van der Waals surface area contributed by atoms with E-state index in [1.54, 1.807) is 20.8 Å². The lowest BCUT2D eigenvalue weighted by Crippen LogP contribution is -2.28. The van der Waals surface area contributed by atoms with Crippen LogP contribution in [0, 0.1) is 0 Å². The number of carbonyl (C=O) groups excluding carboxylic acids is 1. The first-order valence-electron chi connectivity index (χ1n) is 8.49. The lowest BCUT2D eigenvalue weighted by atomic mass is 10.1. The molecule has 0 aromatic rings. The molecule has 1 aliphatic heterocycles. The smallest absolute Gasteiger partial charge is 0.334 e. The van der Waals surface area contributed by atoms with Gasteiger partial charge >= 0.3 is 5.97 Å². The molecular formula is C17H30O7S. The number of hydrogen-bond donors (Lipinski definition) is 0. The SMILES string of the molecule is C=C(CC(CCOC1CCCCO1)OS(C)(=O)=O)C(=O)OC(C)(C)C. The van der Waals surface area contributed by atoms with Crippen molar-refractivity contribution in [2.45, 2.75) is 70.9 Å². The van der Waals surface area contributed by atoms with Crippen molar-refractivity contribution in [3.63, 3.8) is 0 Å². The van der Waals surface area contributed by atoms with Crippen molar-refractivity contribution in [2.24, 2.45) is 0 Å². The first-order chi connectivity index (χ1) is 11.5. The minimum Gasteiger partial charge on any atom is -0.457 e. The maximum absolute atomic E-state index is 12.0. The normalized spacial score (nSPS) is 20.1. The topological polar surface area (TPSA) is 88.1 Å². The molecule has 1 fully saturated rings. The van der Waals surface area contributed by atoms with Crippen LogP contribution < -0.4 is 0 Å². The largest absolute Gasteiger partial charge is 0.457 e. The van der Waals surface area contributed by atoms with E-state index in [0.29, 0.717) is 13.0 Å². The van der Waals surface area contributed by atoms with Gasteiger partial charge in [-0.3, -0.25) is 4.18 Å². The van der Waals surface area contributed by atoms with Crippen LogP contribution in [0.25, 0.3) is 0 Å². The molecule has 0 aromatic heterocycles. The average molecular weight is 378 g/mol. The molecule has 0 radical (unpaired) electrons. The Morgan fingerprint density at radius 1 is 1.32 bits per heavy atom. The molecule has 0 amide bonds. The predicted octanol–water partition coefficient (Wildman–Crippen LogP) is 2.55. The Hall–Kier alpha value is -0.960. The summed E-state index contributed by atoms with van der Waals surface area (Å²) in [5.41, 5.74) is -0.480. The molecule has 1 heterocycles. The van der Waals surface area contributed by atoms with Gasteiger partial charge in [0, 0.05) is 18.6 Å². The molecule has 1 saturated heterocycles. The van der Waals surface area contributed by atoms with E-state index < -0.39 is 27.8 Å². The first kappa shape index (κ1) is 22.1. The van der Waals surface area contributed by atoms with E-state index in [0.717, 1.165) is 25.5 Å². The zero-order valence-corrected chi connectivity index (χ0v) is 16.4. The number of ether oxygens (including phenoxy) is 3. The first-order valence-corrected chi connectivity index (χ1v) is 10.3. The summed E-state index contributed by atoms with van der Waals surface area (Å²) in [4.78, 5) is 12.0.